The highest BCUT2D eigenvalue weighted by Gasteiger charge is 2.03. The lowest BCUT2D eigenvalue weighted by Gasteiger charge is -2.07. The Morgan fingerprint density at radius 1 is 1.15 bits per heavy atom. The highest BCUT2D eigenvalue weighted by atomic mass is 35.5. The van der Waals surface area contributed by atoms with Crippen molar-refractivity contribution in [1.82, 2.24) is 0 Å². The van der Waals surface area contributed by atoms with Crippen LogP contribution in [0, 0.1) is 0 Å². The molecule has 3 nitrogen and oxygen atoms in total. The molecule has 20 heavy (non-hydrogen) atoms. The molecule has 0 unspecified atom stereocenters. The third kappa shape index (κ3) is 7.29. The van der Waals surface area contributed by atoms with Gasteiger partial charge in [0.1, 0.15) is 5.78 Å². The maximum atomic E-state index is 11.6. The molecule has 0 atom stereocenters. The molecule has 0 aliphatic carbocycles. The van der Waals surface area contributed by atoms with E-state index in [2.05, 4.69) is 5.32 Å². The molecule has 4 heteroatoms. The fraction of sp³-hybridized carbons (Fsp3) is 0.500. The number of anilines is 1. The molecule has 0 aliphatic rings. The van der Waals surface area contributed by atoms with Crippen molar-refractivity contribution in [2.45, 2.75) is 45.4 Å². The zero-order valence-electron chi connectivity index (χ0n) is 12.0. The molecule has 0 radical (unpaired) electrons. The second kappa shape index (κ2) is 9.54. The van der Waals surface area contributed by atoms with Crippen LogP contribution in [0.4, 0.5) is 5.69 Å². The Balaban J connectivity index is 2.40. The quantitative estimate of drug-likeness (QED) is 0.554. The van der Waals surface area contributed by atoms with Crippen LogP contribution in [0.5, 0.6) is 0 Å². The van der Waals surface area contributed by atoms with Crippen molar-refractivity contribution in [2.75, 3.05) is 11.2 Å². The van der Waals surface area contributed by atoms with E-state index >= 15 is 0 Å². The minimum absolute atomic E-state index is 0.000574. The zero-order chi connectivity index (χ0) is 14.8. The number of hydrogen-bond donors (Lipinski definition) is 1. The highest BCUT2D eigenvalue weighted by Crippen LogP contribution is 2.14. The largest absolute Gasteiger partial charge is 0.326 e. The van der Waals surface area contributed by atoms with Crippen LogP contribution in [0.3, 0.4) is 0 Å². The number of carbonyl (C=O) groups excluding carboxylic acids is 2. The second-order valence-electron chi connectivity index (χ2n) is 4.95. The number of alkyl halides is 1. The smallest absolute Gasteiger partial charge is 0.224 e. The van der Waals surface area contributed by atoms with Gasteiger partial charge in [0.25, 0.3) is 0 Å². The van der Waals surface area contributed by atoms with Gasteiger partial charge >= 0.3 is 0 Å². The molecule has 0 spiro atoms. The van der Waals surface area contributed by atoms with Crippen LogP contribution in [-0.2, 0) is 16.0 Å². The molecule has 1 aromatic rings. The molecule has 110 valence electrons. The molecule has 1 amide bonds. The van der Waals surface area contributed by atoms with Crippen molar-refractivity contribution in [2.24, 2.45) is 0 Å². The van der Waals surface area contributed by atoms with Gasteiger partial charge in [-0.25, -0.2) is 0 Å². The molecule has 0 saturated heterocycles. The Morgan fingerprint density at radius 2 is 1.95 bits per heavy atom. The first-order valence-corrected chi connectivity index (χ1v) is 7.59. The van der Waals surface area contributed by atoms with Gasteiger partial charge in [-0.3, -0.25) is 4.79 Å². The fourth-order valence-electron chi connectivity index (χ4n) is 1.96. The lowest BCUT2D eigenvalue weighted by Crippen LogP contribution is -2.11. The number of halogens is 1. The number of hydrogen-bond acceptors (Lipinski definition) is 2. The molecule has 0 bridgehead atoms. The third-order valence-corrected chi connectivity index (χ3v) is 3.26. The summed E-state index contributed by atoms with van der Waals surface area (Å²) in [6.45, 7) is 1.62. The van der Waals surface area contributed by atoms with E-state index in [-0.39, 0.29) is 11.7 Å². The summed E-state index contributed by atoms with van der Waals surface area (Å²) >= 11 is 5.56. The number of unbranched alkanes of at least 4 members (excludes halogenated alkanes) is 1. The van der Waals surface area contributed by atoms with Crippen LogP contribution in [-0.4, -0.2) is 17.6 Å². The number of rotatable bonds is 9. The van der Waals surface area contributed by atoms with Gasteiger partial charge in [-0.05, 0) is 50.3 Å². The predicted octanol–water partition coefficient (Wildman–Crippen LogP) is 3.95. The van der Waals surface area contributed by atoms with Crippen molar-refractivity contribution in [1.29, 1.82) is 0 Å². The van der Waals surface area contributed by atoms with Crippen LogP contribution in [0.2, 0.25) is 0 Å². The summed E-state index contributed by atoms with van der Waals surface area (Å²) in [5.74, 6) is 0.744. The third-order valence-electron chi connectivity index (χ3n) is 2.99. The SMILES string of the molecule is CC(=O)CCCCc1cccc(NC(=O)CCCCl)c1. The number of ketones is 1. The molecule has 0 aliphatic heterocycles. The molecule has 0 fully saturated rings. The number of amides is 1. The van der Waals surface area contributed by atoms with E-state index in [1.54, 1.807) is 6.92 Å². The number of nitrogens with one attached hydrogen (secondary N) is 1. The summed E-state index contributed by atoms with van der Waals surface area (Å²) < 4.78 is 0. The van der Waals surface area contributed by atoms with Gasteiger partial charge < -0.3 is 10.1 Å². The van der Waals surface area contributed by atoms with Crippen molar-refractivity contribution >= 4 is 29.0 Å². The lowest BCUT2D eigenvalue weighted by atomic mass is 10.1. The predicted molar refractivity (Wildman–Crippen MR) is 83.3 cm³/mol. The van der Waals surface area contributed by atoms with Gasteiger partial charge in [-0.15, -0.1) is 11.6 Å². The van der Waals surface area contributed by atoms with E-state index in [0.29, 0.717) is 25.1 Å². The number of carbonyl (C=O) groups is 2. The second-order valence-corrected chi connectivity index (χ2v) is 5.33. The molecule has 0 aromatic heterocycles. The monoisotopic (exact) mass is 295 g/mol. The Morgan fingerprint density at radius 3 is 2.65 bits per heavy atom. The standard InChI is InChI=1S/C16H22ClNO2/c1-13(19)6-2-3-7-14-8-4-9-15(12-14)18-16(20)10-5-11-17/h4,8-9,12H,2-3,5-7,10-11H2,1H3,(H,18,20). The molecule has 0 heterocycles. The number of benzene rings is 1. The maximum Gasteiger partial charge on any atom is 0.224 e. The van der Waals surface area contributed by atoms with Crippen LogP contribution < -0.4 is 5.32 Å². The van der Waals surface area contributed by atoms with Gasteiger partial charge in [0.05, 0.1) is 0 Å². The van der Waals surface area contributed by atoms with Gasteiger partial charge in [-0.1, -0.05) is 12.1 Å². The minimum Gasteiger partial charge on any atom is -0.326 e. The van der Waals surface area contributed by atoms with Crippen LogP contribution in [0.15, 0.2) is 24.3 Å². The summed E-state index contributed by atoms with van der Waals surface area (Å²) in [7, 11) is 0. The van der Waals surface area contributed by atoms with E-state index in [4.69, 9.17) is 11.6 Å². The molecular formula is C16H22ClNO2. The summed E-state index contributed by atoms with van der Waals surface area (Å²) in [5.41, 5.74) is 2.01. The van der Waals surface area contributed by atoms with Crippen molar-refractivity contribution in [3.63, 3.8) is 0 Å². The number of Topliss-reactive ketones (excluding diaryl/α,β-unsaturated/α-hetero) is 1. The van der Waals surface area contributed by atoms with E-state index in [1.807, 2.05) is 24.3 Å². The van der Waals surface area contributed by atoms with Crippen LogP contribution >= 0.6 is 11.6 Å². The van der Waals surface area contributed by atoms with E-state index in [0.717, 1.165) is 24.9 Å². The van der Waals surface area contributed by atoms with E-state index in [9.17, 15) is 9.59 Å². The van der Waals surface area contributed by atoms with Crippen molar-refractivity contribution in [3.8, 4) is 0 Å². The van der Waals surface area contributed by atoms with Crippen molar-refractivity contribution in [3.05, 3.63) is 29.8 Å². The van der Waals surface area contributed by atoms with Gasteiger partial charge in [0.15, 0.2) is 0 Å². The van der Waals surface area contributed by atoms with E-state index in [1.165, 1.54) is 5.56 Å². The topological polar surface area (TPSA) is 46.2 Å². The van der Waals surface area contributed by atoms with Crippen LogP contribution in [0.25, 0.3) is 0 Å². The molecule has 0 saturated carbocycles. The normalized spacial score (nSPS) is 10.3. The van der Waals surface area contributed by atoms with Gasteiger partial charge in [0.2, 0.25) is 5.91 Å². The molecule has 1 rings (SSSR count). The van der Waals surface area contributed by atoms with Gasteiger partial charge in [-0.2, -0.15) is 0 Å². The van der Waals surface area contributed by atoms with Crippen molar-refractivity contribution < 1.29 is 9.59 Å². The average molecular weight is 296 g/mol. The summed E-state index contributed by atoms with van der Waals surface area (Å²) in [6.07, 6.45) is 4.63. The average Bonchev–Trinajstić information content (AvgIpc) is 2.41. The Bertz CT molecular complexity index is 446. The molecular weight excluding hydrogens is 274 g/mol. The first-order chi connectivity index (χ1) is 9.61. The molecule has 1 aromatic carbocycles. The summed E-state index contributed by atoms with van der Waals surface area (Å²) in [6, 6.07) is 7.86. The first-order valence-electron chi connectivity index (χ1n) is 7.06. The highest BCUT2D eigenvalue weighted by molar-refractivity contribution is 6.18. The first kappa shape index (κ1) is 16.7. The fourth-order valence-corrected chi connectivity index (χ4v) is 2.09. The lowest BCUT2D eigenvalue weighted by molar-refractivity contribution is -0.117. The minimum atomic E-state index is -0.000574. The Kier molecular flexibility index (Phi) is 7.97. The van der Waals surface area contributed by atoms with Crippen LogP contribution in [0.1, 0.15) is 44.6 Å². The molecule has 1 N–H and O–H groups in total. The summed E-state index contributed by atoms with van der Waals surface area (Å²) in [5, 5.41) is 2.87. The zero-order valence-corrected chi connectivity index (χ0v) is 12.7. The Labute approximate surface area is 125 Å². The number of aryl methyl sites for hydroxylation is 1. The Hall–Kier alpha value is -1.35. The van der Waals surface area contributed by atoms with E-state index < -0.39 is 0 Å². The summed E-state index contributed by atoms with van der Waals surface area (Å²) in [4.78, 5) is 22.5. The van der Waals surface area contributed by atoms with Gasteiger partial charge in [0, 0.05) is 24.4 Å². The maximum absolute atomic E-state index is 11.6.